The Bertz CT molecular complexity index is 221. The van der Waals surface area contributed by atoms with E-state index in [0.29, 0.717) is 6.42 Å². The molecule has 1 unspecified atom stereocenters. The van der Waals surface area contributed by atoms with Gasteiger partial charge in [0.05, 0.1) is 0 Å². The molecule has 0 fully saturated rings. The van der Waals surface area contributed by atoms with Crippen molar-refractivity contribution in [2.24, 2.45) is 5.92 Å². The SMILES string of the molecule is CCC(C)[C@H](NC(=O)C(F)F)C(=O)O. The molecule has 2 N–H and O–H groups in total. The van der Waals surface area contributed by atoms with Gasteiger partial charge >= 0.3 is 12.4 Å². The number of rotatable bonds is 5. The molecule has 0 aromatic rings. The number of alkyl halides is 2. The van der Waals surface area contributed by atoms with E-state index in [1.54, 1.807) is 19.2 Å². The summed E-state index contributed by atoms with van der Waals surface area (Å²) in [5, 5.41) is 10.4. The smallest absolute Gasteiger partial charge is 0.326 e. The van der Waals surface area contributed by atoms with Gasteiger partial charge in [0.1, 0.15) is 6.04 Å². The summed E-state index contributed by atoms with van der Waals surface area (Å²) in [6, 6.07) is -1.25. The van der Waals surface area contributed by atoms with Crippen LogP contribution in [0.1, 0.15) is 20.3 Å². The molecule has 0 aliphatic carbocycles. The lowest BCUT2D eigenvalue weighted by atomic mass is 9.99. The van der Waals surface area contributed by atoms with Gasteiger partial charge in [-0.3, -0.25) is 4.79 Å². The van der Waals surface area contributed by atoms with Crippen LogP contribution in [0.4, 0.5) is 8.78 Å². The lowest BCUT2D eigenvalue weighted by Gasteiger charge is -2.19. The monoisotopic (exact) mass is 209 g/mol. The maximum Gasteiger partial charge on any atom is 0.326 e. The zero-order valence-corrected chi connectivity index (χ0v) is 7.96. The fraction of sp³-hybridized carbons (Fsp3) is 0.750. The Morgan fingerprint density at radius 1 is 1.43 bits per heavy atom. The predicted octanol–water partition coefficient (Wildman–Crippen LogP) is 0.867. The van der Waals surface area contributed by atoms with E-state index in [1.165, 1.54) is 0 Å². The molecule has 82 valence electrons. The average molecular weight is 209 g/mol. The third kappa shape index (κ3) is 3.68. The Labute approximate surface area is 80.3 Å². The molecule has 4 nitrogen and oxygen atoms in total. The summed E-state index contributed by atoms with van der Waals surface area (Å²) in [4.78, 5) is 21.2. The first kappa shape index (κ1) is 12.8. The summed E-state index contributed by atoms with van der Waals surface area (Å²) < 4.78 is 23.6. The van der Waals surface area contributed by atoms with Crippen molar-refractivity contribution in [3.05, 3.63) is 0 Å². The minimum absolute atomic E-state index is 0.379. The van der Waals surface area contributed by atoms with Crippen LogP contribution in [0.3, 0.4) is 0 Å². The molecule has 0 spiro atoms. The molecular formula is C8H13F2NO3. The second-order valence-electron chi connectivity index (χ2n) is 3.01. The van der Waals surface area contributed by atoms with Crippen molar-refractivity contribution >= 4 is 11.9 Å². The number of carbonyl (C=O) groups is 2. The lowest BCUT2D eigenvalue weighted by molar-refractivity contribution is -0.145. The Hall–Kier alpha value is -1.20. The number of carboxylic acid groups (broad SMARTS) is 1. The van der Waals surface area contributed by atoms with Crippen LogP contribution in [0.25, 0.3) is 0 Å². The molecule has 1 amide bonds. The highest BCUT2D eigenvalue weighted by molar-refractivity contribution is 5.85. The standard InChI is InChI=1S/C8H13F2NO3/c1-3-4(2)5(8(13)14)11-7(12)6(9)10/h4-6H,3H2,1-2H3,(H,11,12)(H,13,14)/t4?,5-/m0/s1. The van der Waals surface area contributed by atoms with Crippen LogP contribution >= 0.6 is 0 Å². The number of amides is 1. The van der Waals surface area contributed by atoms with E-state index in [1.807, 2.05) is 0 Å². The van der Waals surface area contributed by atoms with Gasteiger partial charge in [-0.2, -0.15) is 8.78 Å². The summed E-state index contributed by atoms with van der Waals surface area (Å²) in [5.74, 6) is -3.22. The third-order valence-electron chi connectivity index (χ3n) is 1.97. The van der Waals surface area contributed by atoms with Crippen LogP contribution in [-0.2, 0) is 9.59 Å². The number of aliphatic carboxylic acids is 1. The molecule has 0 heterocycles. The van der Waals surface area contributed by atoms with Crippen molar-refractivity contribution < 1.29 is 23.5 Å². The highest BCUT2D eigenvalue weighted by Crippen LogP contribution is 2.08. The number of carboxylic acids is 1. The van der Waals surface area contributed by atoms with Gasteiger partial charge in [-0.25, -0.2) is 4.79 Å². The number of nitrogens with one attached hydrogen (secondary N) is 1. The molecule has 0 saturated carbocycles. The van der Waals surface area contributed by atoms with E-state index < -0.39 is 24.3 Å². The maximum absolute atomic E-state index is 11.8. The van der Waals surface area contributed by atoms with E-state index in [0.717, 1.165) is 0 Å². The largest absolute Gasteiger partial charge is 0.480 e. The van der Waals surface area contributed by atoms with Crippen LogP contribution in [0.2, 0.25) is 0 Å². The van der Waals surface area contributed by atoms with E-state index >= 15 is 0 Å². The molecule has 0 bridgehead atoms. The number of hydrogen-bond acceptors (Lipinski definition) is 2. The fourth-order valence-electron chi connectivity index (χ4n) is 0.899. The summed E-state index contributed by atoms with van der Waals surface area (Å²) in [7, 11) is 0. The molecule has 6 heteroatoms. The molecule has 0 radical (unpaired) electrons. The van der Waals surface area contributed by atoms with E-state index in [4.69, 9.17) is 5.11 Å². The first-order valence-corrected chi connectivity index (χ1v) is 4.21. The summed E-state index contributed by atoms with van der Waals surface area (Å²) in [5.41, 5.74) is 0. The molecule has 0 aromatic carbocycles. The Balaban J connectivity index is 4.38. The zero-order chi connectivity index (χ0) is 11.3. The Morgan fingerprint density at radius 2 is 1.93 bits per heavy atom. The average Bonchev–Trinajstić information content (AvgIpc) is 2.11. The van der Waals surface area contributed by atoms with Gasteiger partial charge in [0, 0.05) is 0 Å². The van der Waals surface area contributed by atoms with Crippen LogP contribution in [-0.4, -0.2) is 29.5 Å². The maximum atomic E-state index is 11.8. The number of hydrogen-bond donors (Lipinski definition) is 2. The summed E-state index contributed by atoms with van der Waals surface area (Å²) in [6.45, 7) is 3.29. The topological polar surface area (TPSA) is 66.4 Å². The van der Waals surface area contributed by atoms with Gasteiger partial charge < -0.3 is 10.4 Å². The second-order valence-corrected chi connectivity index (χ2v) is 3.01. The molecule has 0 aliphatic heterocycles. The summed E-state index contributed by atoms with van der Waals surface area (Å²) in [6.07, 6.45) is -2.69. The van der Waals surface area contributed by atoms with Gasteiger partial charge in [-0.1, -0.05) is 20.3 Å². The van der Waals surface area contributed by atoms with Crippen molar-refractivity contribution in [2.75, 3.05) is 0 Å². The molecule has 0 saturated heterocycles. The van der Waals surface area contributed by atoms with Crippen molar-refractivity contribution in [2.45, 2.75) is 32.7 Å². The third-order valence-corrected chi connectivity index (χ3v) is 1.97. The molecule has 0 aromatic heterocycles. The van der Waals surface area contributed by atoms with E-state index in [-0.39, 0.29) is 5.92 Å². The van der Waals surface area contributed by atoms with Crippen molar-refractivity contribution in [1.29, 1.82) is 0 Å². The molecule has 2 atom stereocenters. The Kier molecular flexibility index (Phi) is 5.04. The zero-order valence-electron chi connectivity index (χ0n) is 7.96. The van der Waals surface area contributed by atoms with E-state index in [2.05, 4.69) is 0 Å². The minimum Gasteiger partial charge on any atom is -0.480 e. The molecule has 0 rings (SSSR count). The minimum atomic E-state index is -3.18. The fourth-order valence-corrected chi connectivity index (χ4v) is 0.899. The van der Waals surface area contributed by atoms with Gasteiger partial charge in [0.25, 0.3) is 5.91 Å². The molecular weight excluding hydrogens is 196 g/mol. The summed E-state index contributed by atoms with van der Waals surface area (Å²) >= 11 is 0. The number of halogens is 2. The van der Waals surface area contributed by atoms with Crippen LogP contribution in [0, 0.1) is 5.92 Å². The quantitative estimate of drug-likeness (QED) is 0.705. The van der Waals surface area contributed by atoms with Crippen LogP contribution in [0.15, 0.2) is 0 Å². The number of carbonyl (C=O) groups excluding carboxylic acids is 1. The van der Waals surface area contributed by atoms with Crippen molar-refractivity contribution in [1.82, 2.24) is 5.32 Å². The van der Waals surface area contributed by atoms with Gasteiger partial charge in [0.15, 0.2) is 0 Å². The second kappa shape index (κ2) is 5.51. The van der Waals surface area contributed by atoms with E-state index in [9.17, 15) is 18.4 Å². The van der Waals surface area contributed by atoms with Gasteiger partial charge in [-0.05, 0) is 5.92 Å². The van der Waals surface area contributed by atoms with Gasteiger partial charge in [-0.15, -0.1) is 0 Å². The predicted molar refractivity (Wildman–Crippen MR) is 45.0 cm³/mol. The molecule has 14 heavy (non-hydrogen) atoms. The van der Waals surface area contributed by atoms with Crippen molar-refractivity contribution in [3.63, 3.8) is 0 Å². The van der Waals surface area contributed by atoms with Crippen molar-refractivity contribution in [3.8, 4) is 0 Å². The molecule has 0 aliphatic rings. The first-order chi connectivity index (χ1) is 6.40. The normalized spacial score (nSPS) is 14.9. The van der Waals surface area contributed by atoms with Crippen LogP contribution < -0.4 is 5.32 Å². The highest BCUT2D eigenvalue weighted by atomic mass is 19.3. The first-order valence-electron chi connectivity index (χ1n) is 4.21. The van der Waals surface area contributed by atoms with Gasteiger partial charge in [0.2, 0.25) is 0 Å². The lowest BCUT2D eigenvalue weighted by Crippen LogP contribution is -2.47. The van der Waals surface area contributed by atoms with Crippen LogP contribution in [0.5, 0.6) is 0 Å². The Morgan fingerprint density at radius 3 is 2.21 bits per heavy atom. The highest BCUT2D eigenvalue weighted by Gasteiger charge is 2.28.